The highest BCUT2D eigenvalue weighted by atomic mass is 16.6. The molecule has 0 saturated heterocycles. The minimum Gasteiger partial charge on any atom is -0.472 e. The van der Waals surface area contributed by atoms with Crippen LogP contribution in [0.15, 0.2) is 23.0 Å². The number of hydrogen-bond acceptors (Lipinski definition) is 5. The molecule has 27 heavy (non-hydrogen) atoms. The average molecular weight is 379 g/mol. The van der Waals surface area contributed by atoms with Crippen molar-refractivity contribution in [3.63, 3.8) is 0 Å². The Hall–Kier alpha value is -1.33. The maximum absolute atomic E-state index is 11.6. The molecule has 0 aromatic carbocycles. The van der Waals surface area contributed by atoms with Crippen LogP contribution in [-0.2, 0) is 16.0 Å². The van der Waals surface area contributed by atoms with Crippen LogP contribution in [0.4, 0.5) is 0 Å². The summed E-state index contributed by atoms with van der Waals surface area (Å²) in [6.07, 6.45) is 6.07. The molecule has 0 bridgehead atoms. The molecular formula is C22H34O5. The molecule has 0 unspecified atom stereocenters. The van der Waals surface area contributed by atoms with Crippen LogP contribution in [0.2, 0.25) is 0 Å². The van der Waals surface area contributed by atoms with E-state index in [0.29, 0.717) is 12.3 Å². The SMILES string of the molecule is CC(=O)O[C@@H]1C[C@@H]2[C@@](C)(CCc3ccoc3)[C@H](C)CC[C@@]2(C)[C@@](C)(O)[C@@H]1O. The zero-order valence-corrected chi connectivity index (χ0v) is 17.2. The summed E-state index contributed by atoms with van der Waals surface area (Å²) in [5, 5.41) is 22.2. The lowest BCUT2D eigenvalue weighted by Gasteiger charge is -2.65. The van der Waals surface area contributed by atoms with Gasteiger partial charge in [-0.3, -0.25) is 4.79 Å². The van der Waals surface area contributed by atoms with Gasteiger partial charge in [-0.15, -0.1) is 0 Å². The number of aryl methyl sites for hydroxylation is 1. The van der Waals surface area contributed by atoms with Gasteiger partial charge in [0.25, 0.3) is 0 Å². The van der Waals surface area contributed by atoms with Gasteiger partial charge in [0, 0.05) is 12.3 Å². The van der Waals surface area contributed by atoms with Gasteiger partial charge in [-0.25, -0.2) is 0 Å². The predicted molar refractivity (Wildman–Crippen MR) is 102 cm³/mol. The lowest BCUT2D eigenvalue weighted by Crippen LogP contribution is -2.69. The zero-order chi connectivity index (χ0) is 20.0. The summed E-state index contributed by atoms with van der Waals surface area (Å²) in [4.78, 5) is 11.6. The van der Waals surface area contributed by atoms with Crippen LogP contribution in [0, 0.1) is 22.7 Å². The number of fused-ring (bicyclic) bond motifs is 1. The Morgan fingerprint density at radius 1 is 1.37 bits per heavy atom. The molecule has 0 amide bonds. The first-order chi connectivity index (χ1) is 12.5. The fourth-order valence-electron chi connectivity index (χ4n) is 5.88. The summed E-state index contributed by atoms with van der Waals surface area (Å²) in [6.45, 7) is 9.77. The molecule has 1 aromatic heterocycles. The fraction of sp³-hybridized carbons (Fsp3) is 0.773. The Bertz CT molecular complexity index is 666. The first-order valence-corrected chi connectivity index (χ1v) is 10.1. The number of ether oxygens (including phenoxy) is 1. The molecule has 5 heteroatoms. The highest BCUT2D eigenvalue weighted by Crippen LogP contribution is 2.64. The molecule has 2 aliphatic carbocycles. The molecule has 2 N–H and O–H groups in total. The summed E-state index contributed by atoms with van der Waals surface area (Å²) in [7, 11) is 0. The normalized spacial score (nSPS) is 44.6. The highest BCUT2D eigenvalue weighted by molar-refractivity contribution is 5.66. The third kappa shape index (κ3) is 3.23. The van der Waals surface area contributed by atoms with E-state index < -0.39 is 29.2 Å². The molecule has 152 valence electrons. The first-order valence-electron chi connectivity index (χ1n) is 10.1. The molecule has 1 aromatic rings. The van der Waals surface area contributed by atoms with E-state index in [4.69, 9.17) is 9.15 Å². The van der Waals surface area contributed by atoms with Crippen molar-refractivity contribution in [2.75, 3.05) is 0 Å². The number of esters is 1. The van der Waals surface area contributed by atoms with E-state index in [1.807, 2.05) is 6.07 Å². The maximum Gasteiger partial charge on any atom is 0.302 e. The number of carbonyl (C=O) groups is 1. The van der Waals surface area contributed by atoms with Gasteiger partial charge >= 0.3 is 5.97 Å². The van der Waals surface area contributed by atoms with Gasteiger partial charge in [0.1, 0.15) is 12.2 Å². The molecular weight excluding hydrogens is 344 g/mol. The van der Waals surface area contributed by atoms with Crippen molar-refractivity contribution < 1.29 is 24.2 Å². The topological polar surface area (TPSA) is 79.9 Å². The van der Waals surface area contributed by atoms with Crippen LogP contribution >= 0.6 is 0 Å². The Labute approximate surface area is 162 Å². The molecule has 0 spiro atoms. The van der Waals surface area contributed by atoms with Crippen molar-refractivity contribution >= 4 is 5.97 Å². The third-order valence-electron chi connectivity index (χ3n) is 8.19. The predicted octanol–water partition coefficient (Wildman–Crippen LogP) is 3.72. The van der Waals surface area contributed by atoms with Crippen molar-refractivity contribution in [1.29, 1.82) is 0 Å². The molecule has 7 atom stereocenters. The van der Waals surface area contributed by atoms with Gasteiger partial charge in [0.15, 0.2) is 0 Å². The summed E-state index contributed by atoms with van der Waals surface area (Å²) in [5.74, 6) is 0.206. The monoisotopic (exact) mass is 378 g/mol. The Balaban J connectivity index is 1.95. The van der Waals surface area contributed by atoms with Crippen LogP contribution in [0.25, 0.3) is 0 Å². The number of furan rings is 1. The van der Waals surface area contributed by atoms with Crippen molar-refractivity contribution in [2.45, 2.75) is 84.5 Å². The van der Waals surface area contributed by atoms with Crippen molar-refractivity contribution in [3.8, 4) is 0 Å². The van der Waals surface area contributed by atoms with Crippen molar-refractivity contribution in [3.05, 3.63) is 24.2 Å². The van der Waals surface area contributed by atoms with Gasteiger partial charge in [0.05, 0.1) is 18.1 Å². The summed E-state index contributed by atoms with van der Waals surface area (Å²) >= 11 is 0. The van der Waals surface area contributed by atoms with Crippen LogP contribution < -0.4 is 0 Å². The second-order valence-corrected chi connectivity index (χ2v) is 9.52. The molecule has 2 aliphatic rings. The molecule has 0 radical (unpaired) electrons. The lowest BCUT2D eigenvalue weighted by molar-refractivity contribution is -0.267. The second kappa shape index (κ2) is 6.93. The highest BCUT2D eigenvalue weighted by Gasteiger charge is 2.65. The molecule has 3 rings (SSSR count). The first kappa shape index (κ1) is 20.4. The molecule has 5 nitrogen and oxygen atoms in total. The smallest absolute Gasteiger partial charge is 0.302 e. The van der Waals surface area contributed by atoms with E-state index in [9.17, 15) is 15.0 Å². The summed E-state index contributed by atoms with van der Waals surface area (Å²) in [6, 6.07) is 2.00. The number of carbonyl (C=O) groups excluding carboxylic acids is 1. The van der Waals surface area contributed by atoms with E-state index in [2.05, 4.69) is 20.8 Å². The summed E-state index contributed by atoms with van der Waals surface area (Å²) < 4.78 is 10.7. The number of hydrogen-bond donors (Lipinski definition) is 2. The van der Waals surface area contributed by atoms with Gasteiger partial charge in [-0.2, -0.15) is 0 Å². The van der Waals surface area contributed by atoms with Crippen molar-refractivity contribution in [1.82, 2.24) is 0 Å². The number of aliphatic hydroxyl groups is 2. The standard InChI is InChI=1S/C22H34O5/c1-14-6-10-21(4)18(20(14,3)9-7-16-8-11-26-13-16)12-17(27-15(2)23)19(24)22(21,5)25/h8,11,13-14,17-19,24-25H,6-7,9-10,12H2,1-5H3/t14-,17-,18-,19-,20+,21-,22+/m1/s1. The van der Waals surface area contributed by atoms with Crippen molar-refractivity contribution in [2.24, 2.45) is 22.7 Å². The van der Waals surface area contributed by atoms with Gasteiger partial charge in [0.2, 0.25) is 0 Å². The van der Waals surface area contributed by atoms with E-state index in [1.54, 1.807) is 19.5 Å². The maximum atomic E-state index is 11.6. The van der Waals surface area contributed by atoms with E-state index in [0.717, 1.165) is 25.7 Å². The van der Waals surface area contributed by atoms with E-state index in [1.165, 1.54) is 12.5 Å². The van der Waals surface area contributed by atoms with Crippen LogP contribution in [0.1, 0.15) is 65.9 Å². The van der Waals surface area contributed by atoms with Crippen LogP contribution in [0.5, 0.6) is 0 Å². The molecule has 0 aliphatic heterocycles. The van der Waals surface area contributed by atoms with Crippen LogP contribution in [-0.4, -0.2) is 34.0 Å². The third-order valence-corrected chi connectivity index (χ3v) is 8.19. The molecule has 1 heterocycles. The minimum absolute atomic E-state index is 0.0349. The number of rotatable bonds is 4. The lowest BCUT2D eigenvalue weighted by atomic mass is 9.42. The van der Waals surface area contributed by atoms with Gasteiger partial charge in [-0.1, -0.05) is 20.8 Å². The Morgan fingerprint density at radius 2 is 2.07 bits per heavy atom. The van der Waals surface area contributed by atoms with Gasteiger partial charge in [-0.05, 0) is 67.9 Å². The largest absolute Gasteiger partial charge is 0.472 e. The second-order valence-electron chi connectivity index (χ2n) is 9.52. The zero-order valence-electron chi connectivity index (χ0n) is 17.2. The summed E-state index contributed by atoms with van der Waals surface area (Å²) in [5.41, 5.74) is -0.601. The van der Waals surface area contributed by atoms with Crippen LogP contribution in [0.3, 0.4) is 0 Å². The number of aliphatic hydroxyl groups excluding tert-OH is 1. The average Bonchev–Trinajstić information content (AvgIpc) is 3.11. The Morgan fingerprint density at radius 3 is 2.67 bits per heavy atom. The molecule has 2 saturated carbocycles. The molecule has 2 fully saturated rings. The van der Waals surface area contributed by atoms with Gasteiger partial charge < -0.3 is 19.4 Å². The quantitative estimate of drug-likeness (QED) is 0.781. The van der Waals surface area contributed by atoms with E-state index >= 15 is 0 Å². The fourth-order valence-corrected chi connectivity index (χ4v) is 5.88. The minimum atomic E-state index is -1.31. The Kier molecular flexibility index (Phi) is 5.23. The van der Waals surface area contributed by atoms with E-state index in [-0.39, 0.29) is 11.3 Å².